The molecule has 7 heteroatoms. The Morgan fingerprint density at radius 1 is 1.36 bits per heavy atom. The molecule has 1 aliphatic heterocycles. The first-order valence-corrected chi connectivity index (χ1v) is 7.43. The molecule has 1 spiro atoms. The average Bonchev–Trinajstić information content (AvgIpc) is 2.72. The van der Waals surface area contributed by atoms with E-state index >= 15 is 0 Å². The quantitative estimate of drug-likeness (QED) is 0.611. The van der Waals surface area contributed by atoms with Crippen molar-refractivity contribution in [1.29, 1.82) is 0 Å². The van der Waals surface area contributed by atoms with Crippen molar-refractivity contribution in [2.75, 3.05) is 18.6 Å². The minimum absolute atomic E-state index is 0.147. The molecule has 0 aromatic carbocycles. The van der Waals surface area contributed by atoms with Gasteiger partial charge in [0, 0.05) is 12.8 Å². The molecule has 6 nitrogen and oxygen atoms in total. The predicted octanol–water partition coefficient (Wildman–Crippen LogP) is 1.64. The van der Waals surface area contributed by atoms with Crippen molar-refractivity contribution < 1.29 is 19.1 Å². The lowest BCUT2D eigenvalue weighted by Gasteiger charge is -2.30. The monoisotopic (exact) mass is 322 g/mol. The molecule has 1 aromatic heterocycles. The summed E-state index contributed by atoms with van der Waals surface area (Å²) in [6.07, 6.45) is 1.49. The first-order chi connectivity index (χ1) is 10.5. The summed E-state index contributed by atoms with van der Waals surface area (Å²) in [4.78, 5) is 41.8. The Bertz CT molecular complexity index is 664. The minimum Gasteiger partial charge on any atom is -0.468 e. The zero-order valence-corrected chi connectivity index (χ0v) is 12.9. The van der Waals surface area contributed by atoms with E-state index in [1.807, 2.05) is 0 Å². The van der Waals surface area contributed by atoms with Crippen molar-refractivity contribution in [2.24, 2.45) is 0 Å². The number of hydrogen-bond acceptors (Lipinski definition) is 5. The SMILES string of the molecule is COC(=O)CN1C(=O)C2(CCC(=O)CC2)c2nc(Cl)ccc21. The molecule has 0 atom stereocenters. The van der Waals surface area contributed by atoms with Crippen molar-refractivity contribution in [1.82, 2.24) is 4.98 Å². The van der Waals surface area contributed by atoms with Crippen LogP contribution in [0.4, 0.5) is 5.69 Å². The Balaban J connectivity index is 2.06. The highest BCUT2D eigenvalue weighted by molar-refractivity contribution is 6.29. The van der Waals surface area contributed by atoms with Crippen LogP contribution in [0.3, 0.4) is 0 Å². The summed E-state index contributed by atoms with van der Waals surface area (Å²) in [6, 6.07) is 3.28. The van der Waals surface area contributed by atoms with Crippen molar-refractivity contribution >= 4 is 34.9 Å². The number of carbonyl (C=O) groups is 3. The number of hydrogen-bond donors (Lipinski definition) is 0. The maximum atomic E-state index is 12.9. The second-order valence-electron chi connectivity index (χ2n) is 5.59. The standard InChI is InChI=1S/C15H15ClN2O4/c1-22-12(20)8-18-10-2-3-11(16)17-13(10)15(14(18)21)6-4-9(19)5-7-15/h2-3H,4-8H2,1H3. The summed E-state index contributed by atoms with van der Waals surface area (Å²) in [5.41, 5.74) is 0.304. The number of nitrogens with zero attached hydrogens (tertiary/aromatic N) is 2. The first kappa shape index (κ1) is 15.0. The van der Waals surface area contributed by atoms with Gasteiger partial charge in [-0.15, -0.1) is 0 Å². The Morgan fingerprint density at radius 3 is 2.68 bits per heavy atom. The van der Waals surface area contributed by atoms with Gasteiger partial charge in [-0.2, -0.15) is 0 Å². The van der Waals surface area contributed by atoms with Gasteiger partial charge in [-0.25, -0.2) is 4.98 Å². The van der Waals surface area contributed by atoms with E-state index < -0.39 is 11.4 Å². The number of pyridine rings is 1. The molecule has 1 amide bonds. The highest BCUT2D eigenvalue weighted by Gasteiger charge is 2.53. The lowest BCUT2D eigenvalue weighted by Crippen LogP contribution is -2.45. The van der Waals surface area contributed by atoms with Crippen molar-refractivity contribution in [3.63, 3.8) is 0 Å². The van der Waals surface area contributed by atoms with Crippen LogP contribution in [0, 0.1) is 0 Å². The Labute approximate surface area is 132 Å². The molecule has 2 aliphatic rings. The van der Waals surface area contributed by atoms with Gasteiger partial charge in [-0.1, -0.05) is 11.6 Å². The van der Waals surface area contributed by atoms with Crippen molar-refractivity contribution in [3.05, 3.63) is 23.0 Å². The number of carbonyl (C=O) groups excluding carboxylic acids is 3. The number of Topliss-reactive ketones (excluding diaryl/α,β-unsaturated/α-hetero) is 1. The van der Waals surface area contributed by atoms with Crippen LogP contribution in [-0.2, 0) is 24.5 Å². The molecule has 1 fully saturated rings. The number of anilines is 1. The summed E-state index contributed by atoms with van der Waals surface area (Å²) in [5.74, 6) is -0.554. The summed E-state index contributed by atoms with van der Waals surface area (Å²) < 4.78 is 4.66. The largest absolute Gasteiger partial charge is 0.468 e. The number of halogens is 1. The summed E-state index contributed by atoms with van der Waals surface area (Å²) in [6.45, 7) is -0.165. The van der Waals surface area contributed by atoms with Crippen LogP contribution in [0.25, 0.3) is 0 Å². The van der Waals surface area contributed by atoms with Gasteiger partial charge in [0.05, 0.1) is 23.9 Å². The molecule has 116 valence electrons. The normalized spacial score (nSPS) is 19.5. The van der Waals surface area contributed by atoms with E-state index in [4.69, 9.17) is 11.6 Å². The number of methoxy groups -OCH3 is 1. The van der Waals surface area contributed by atoms with Crippen LogP contribution >= 0.6 is 11.6 Å². The number of esters is 1. The fourth-order valence-corrected chi connectivity index (χ4v) is 3.37. The molecule has 0 unspecified atom stereocenters. The van der Waals surface area contributed by atoms with Crippen molar-refractivity contribution in [3.8, 4) is 0 Å². The number of rotatable bonds is 2. The van der Waals surface area contributed by atoms with Gasteiger partial charge in [0.1, 0.15) is 17.5 Å². The highest BCUT2D eigenvalue weighted by Crippen LogP contribution is 2.48. The molecule has 2 heterocycles. The van der Waals surface area contributed by atoms with E-state index in [9.17, 15) is 14.4 Å². The number of ketones is 1. The van der Waals surface area contributed by atoms with Crippen LogP contribution in [0.15, 0.2) is 12.1 Å². The predicted molar refractivity (Wildman–Crippen MR) is 78.8 cm³/mol. The third kappa shape index (κ3) is 2.18. The number of ether oxygens (including phenoxy) is 1. The second kappa shape index (κ2) is 5.35. The summed E-state index contributed by atoms with van der Waals surface area (Å²) >= 11 is 5.98. The van der Waals surface area contributed by atoms with E-state index in [2.05, 4.69) is 9.72 Å². The number of aromatic nitrogens is 1. The van der Waals surface area contributed by atoms with Crippen LogP contribution in [0.1, 0.15) is 31.4 Å². The molecule has 0 radical (unpaired) electrons. The maximum absolute atomic E-state index is 12.9. The third-order valence-electron chi connectivity index (χ3n) is 4.41. The van der Waals surface area contributed by atoms with Gasteiger partial charge in [0.2, 0.25) is 5.91 Å². The molecule has 22 heavy (non-hydrogen) atoms. The summed E-state index contributed by atoms with van der Waals surface area (Å²) in [5, 5.41) is 0.294. The molecule has 0 N–H and O–H groups in total. The number of fused-ring (bicyclic) bond motifs is 2. The van der Waals surface area contributed by atoms with Crippen LogP contribution in [0.5, 0.6) is 0 Å². The van der Waals surface area contributed by atoms with Gasteiger partial charge in [0.25, 0.3) is 0 Å². The fourth-order valence-electron chi connectivity index (χ4n) is 3.22. The van der Waals surface area contributed by atoms with Gasteiger partial charge < -0.3 is 4.74 Å². The Morgan fingerprint density at radius 2 is 2.05 bits per heavy atom. The smallest absolute Gasteiger partial charge is 0.325 e. The van der Waals surface area contributed by atoms with Gasteiger partial charge in [-0.3, -0.25) is 19.3 Å². The van der Waals surface area contributed by atoms with Gasteiger partial charge in [0.15, 0.2) is 0 Å². The second-order valence-corrected chi connectivity index (χ2v) is 5.98. The van der Waals surface area contributed by atoms with Gasteiger partial charge >= 0.3 is 5.97 Å². The lowest BCUT2D eigenvalue weighted by atomic mass is 9.72. The molecular weight excluding hydrogens is 308 g/mol. The summed E-state index contributed by atoms with van der Waals surface area (Å²) in [7, 11) is 1.28. The first-order valence-electron chi connectivity index (χ1n) is 7.05. The molecular formula is C15H15ClN2O4. The topological polar surface area (TPSA) is 76.6 Å². The molecule has 0 saturated heterocycles. The Hall–Kier alpha value is -1.95. The molecule has 1 aromatic rings. The fraction of sp³-hybridized carbons (Fsp3) is 0.467. The van der Waals surface area contributed by atoms with E-state index in [0.717, 1.165) is 0 Å². The lowest BCUT2D eigenvalue weighted by molar-refractivity contribution is -0.140. The van der Waals surface area contributed by atoms with Crippen LogP contribution < -0.4 is 4.90 Å². The third-order valence-corrected chi connectivity index (χ3v) is 4.63. The van der Waals surface area contributed by atoms with Crippen molar-refractivity contribution in [2.45, 2.75) is 31.1 Å². The minimum atomic E-state index is -0.845. The van der Waals surface area contributed by atoms with E-state index in [1.54, 1.807) is 12.1 Å². The zero-order valence-electron chi connectivity index (χ0n) is 12.1. The Kier molecular flexibility index (Phi) is 3.64. The van der Waals surface area contributed by atoms with Gasteiger partial charge in [-0.05, 0) is 25.0 Å². The van der Waals surface area contributed by atoms with Crippen LogP contribution in [0.2, 0.25) is 5.15 Å². The van der Waals surface area contributed by atoms with Crippen LogP contribution in [-0.4, -0.2) is 36.3 Å². The number of amides is 1. The highest BCUT2D eigenvalue weighted by atomic mass is 35.5. The van der Waals surface area contributed by atoms with E-state index in [0.29, 0.717) is 42.2 Å². The molecule has 1 aliphatic carbocycles. The molecule has 1 saturated carbocycles. The van der Waals surface area contributed by atoms with E-state index in [-0.39, 0.29) is 18.2 Å². The molecule has 3 rings (SSSR count). The maximum Gasteiger partial charge on any atom is 0.325 e. The average molecular weight is 323 g/mol. The van der Waals surface area contributed by atoms with E-state index in [1.165, 1.54) is 12.0 Å². The molecule has 0 bridgehead atoms. The zero-order chi connectivity index (χ0) is 15.9.